The van der Waals surface area contributed by atoms with Gasteiger partial charge in [-0.15, -0.1) is 0 Å². The summed E-state index contributed by atoms with van der Waals surface area (Å²) in [5.41, 5.74) is 0. The fourth-order valence-corrected chi connectivity index (χ4v) is 1.62. The van der Waals surface area contributed by atoms with Crippen molar-refractivity contribution in [2.24, 2.45) is 5.92 Å². The number of nitrogens with one attached hydrogen (secondary N) is 1. The maximum atomic E-state index is 11.7. The Morgan fingerprint density at radius 2 is 2.27 bits per heavy atom. The molecule has 1 aliphatic rings. The minimum Gasteiger partial charge on any atom is -0.396 e. The van der Waals surface area contributed by atoms with Gasteiger partial charge in [-0.05, 0) is 25.7 Å². The summed E-state index contributed by atoms with van der Waals surface area (Å²) < 4.78 is 0. The quantitative estimate of drug-likeness (QED) is 0.637. The van der Waals surface area contributed by atoms with Gasteiger partial charge in [-0.1, -0.05) is 6.92 Å². The second kappa shape index (κ2) is 6.08. The Morgan fingerprint density at radius 1 is 1.60 bits per heavy atom. The van der Waals surface area contributed by atoms with Crippen LogP contribution in [0.25, 0.3) is 0 Å². The molecule has 1 fully saturated rings. The van der Waals surface area contributed by atoms with Gasteiger partial charge in [-0.25, -0.2) is 0 Å². The Kier molecular flexibility index (Phi) is 5.05. The zero-order valence-electron chi connectivity index (χ0n) is 9.70. The Bertz CT molecular complexity index is 205. The number of aliphatic hydroxyl groups is 1. The van der Waals surface area contributed by atoms with Crippen LogP contribution >= 0.6 is 0 Å². The van der Waals surface area contributed by atoms with Crippen LogP contribution in [0.2, 0.25) is 0 Å². The lowest BCUT2D eigenvalue weighted by Gasteiger charge is -2.21. The second-order valence-electron chi connectivity index (χ2n) is 4.33. The van der Waals surface area contributed by atoms with Crippen molar-refractivity contribution in [3.8, 4) is 0 Å². The number of carbonyl (C=O) groups is 1. The fourth-order valence-electron chi connectivity index (χ4n) is 1.62. The molecule has 2 N–H and O–H groups in total. The third-order valence-electron chi connectivity index (χ3n) is 2.73. The van der Waals surface area contributed by atoms with E-state index in [4.69, 9.17) is 5.11 Å². The first-order chi connectivity index (χ1) is 7.19. The highest BCUT2D eigenvalue weighted by atomic mass is 16.3. The molecule has 0 spiro atoms. The van der Waals surface area contributed by atoms with E-state index in [-0.39, 0.29) is 18.4 Å². The van der Waals surface area contributed by atoms with Crippen molar-refractivity contribution in [1.82, 2.24) is 10.2 Å². The molecule has 4 nitrogen and oxygen atoms in total. The van der Waals surface area contributed by atoms with Crippen LogP contribution in [0.4, 0.5) is 0 Å². The molecule has 0 aromatic heterocycles. The molecule has 4 heteroatoms. The lowest BCUT2D eigenvalue weighted by Crippen LogP contribution is -2.40. The lowest BCUT2D eigenvalue weighted by molar-refractivity contribution is -0.130. The van der Waals surface area contributed by atoms with Gasteiger partial charge in [-0.3, -0.25) is 4.79 Å². The molecule has 1 amide bonds. The average molecular weight is 214 g/mol. The average Bonchev–Trinajstić information content (AvgIpc) is 3.03. The minimum atomic E-state index is 0.168. The molecule has 0 aliphatic heterocycles. The van der Waals surface area contributed by atoms with Gasteiger partial charge in [0, 0.05) is 25.7 Å². The van der Waals surface area contributed by atoms with Gasteiger partial charge in [0.15, 0.2) is 0 Å². The fraction of sp³-hybridized carbons (Fsp3) is 0.909. The molecule has 1 atom stereocenters. The highest BCUT2D eigenvalue weighted by Gasteiger charge is 2.30. The molecule has 0 aromatic carbocycles. The molecule has 0 radical (unpaired) electrons. The van der Waals surface area contributed by atoms with E-state index in [2.05, 4.69) is 5.32 Å². The maximum absolute atomic E-state index is 11.7. The number of aliphatic hydroxyl groups excluding tert-OH is 1. The van der Waals surface area contributed by atoms with Crippen LogP contribution in [-0.4, -0.2) is 48.2 Å². The highest BCUT2D eigenvalue weighted by molar-refractivity contribution is 5.78. The van der Waals surface area contributed by atoms with Crippen LogP contribution in [-0.2, 0) is 4.79 Å². The monoisotopic (exact) mass is 214 g/mol. The molecule has 1 rings (SSSR count). The first kappa shape index (κ1) is 12.5. The van der Waals surface area contributed by atoms with E-state index in [1.807, 2.05) is 18.7 Å². The van der Waals surface area contributed by atoms with Crippen molar-refractivity contribution in [3.05, 3.63) is 0 Å². The summed E-state index contributed by atoms with van der Waals surface area (Å²) >= 11 is 0. The van der Waals surface area contributed by atoms with Gasteiger partial charge in [0.1, 0.15) is 0 Å². The van der Waals surface area contributed by atoms with Crippen LogP contribution in [0.1, 0.15) is 26.7 Å². The van der Waals surface area contributed by atoms with E-state index in [1.54, 1.807) is 0 Å². The molecule has 1 saturated carbocycles. The van der Waals surface area contributed by atoms with Gasteiger partial charge in [0.25, 0.3) is 0 Å². The Labute approximate surface area is 91.6 Å². The lowest BCUT2D eigenvalue weighted by atomic mass is 10.2. The summed E-state index contributed by atoms with van der Waals surface area (Å²) in [6.07, 6.45) is 2.32. The van der Waals surface area contributed by atoms with Crippen LogP contribution in [0.5, 0.6) is 0 Å². The number of hydrogen-bond donors (Lipinski definition) is 2. The molecule has 1 unspecified atom stereocenters. The minimum absolute atomic E-state index is 0.168. The third kappa shape index (κ3) is 4.18. The normalized spacial score (nSPS) is 17.5. The first-order valence-electron chi connectivity index (χ1n) is 5.80. The number of likely N-dealkylation sites (N-methyl/N-ethyl adjacent to an activating group) is 1. The first-order valence-corrected chi connectivity index (χ1v) is 5.80. The van der Waals surface area contributed by atoms with Crippen LogP contribution in [0, 0.1) is 5.92 Å². The van der Waals surface area contributed by atoms with Crippen molar-refractivity contribution >= 4 is 5.91 Å². The molecule has 15 heavy (non-hydrogen) atoms. The maximum Gasteiger partial charge on any atom is 0.236 e. The summed E-state index contributed by atoms with van der Waals surface area (Å²) in [5, 5.41) is 11.9. The number of nitrogens with zero attached hydrogens (tertiary/aromatic N) is 1. The van der Waals surface area contributed by atoms with Crippen molar-refractivity contribution in [2.45, 2.75) is 32.7 Å². The van der Waals surface area contributed by atoms with E-state index in [1.165, 1.54) is 0 Å². The summed E-state index contributed by atoms with van der Waals surface area (Å²) in [7, 11) is 0. The number of rotatable bonds is 7. The molecule has 0 saturated heterocycles. The van der Waals surface area contributed by atoms with Crippen LogP contribution < -0.4 is 5.32 Å². The van der Waals surface area contributed by atoms with Gasteiger partial charge in [0.2, 0.25) is 5.91 Å². The van der Waals surface area contributed by atoms with Gasteiger partial charge >= 0.3 is 0 Å². The van der Waals surface area contributed by atoms with Crippen LogP contribution in [0.15, 0.2) is 0 Å². The van der Waals surface area contributed by atoms with E-state index in [0.717, 1.165) is 19.4 Å². The zero-order valence-corrected chi connectivity index (χ0v) is 9.70. The van der Waals surface area contributed by atoms with Crippen molar-refractivity contribution in [1.29, 1.82) is 0 Å². The molecule has 0 bridgehead atoms. The van der Waals surface area contributed by atoms with Crippen molar-refractivity contribution in [3.63, 3.8) is 0 Å². The standard InChI is InChI=1S/C11H22N2O2/c1-3-13(10-4-5-10)11(15)7-12-6-9(2)8-14/h9-10,12,14H,3-8H2,1-2H3. The summed E-state index contributed by atoms with van der Waals surface area (Å²) in [6, 6.07) is 0.500. The molecular formula is C11H22N2O2. The topological polar surface area (TPSA) is 52.6 Å². The van der Waals surface area contributed by atoms with Gasteiger partial charge in [0.05, 0.1) is 6.54 Å². The van der Waals surface area contributed by atoms with Gasteiger partial charge < -0.3 is 15.3 Å². The predicted octanol–water partition coefficient (Wildman–Crippen LogP) is 0.215. The number of carbonyl (C=O) groups excluding carboxylic acids is 1. The highest BCUT2D eigenvalue weighted by Crippen LogP contribution is 2.26. The van der Waals surface area contributed by atoms with E-state index in [9.17, 15) is 4.79 Å². The van der Waals surface area contributed by atoms with Crippen LogP contribution in [0.3, 0.4) is 0 Å². The molecule has 1 aliphatic carbocycles. The zero-order chi connectivity index (χ0) is 11.3. The molecule has 88 valence electrons. The summed E-state index contributed by atoms with van der Waals surface area (Å²) in [6.45, 7) is 6.05. The van der Waals surface area contributed by atoms with E-state index >= 15 is 0 Å². The van der Waals surface area contributed by atoms with E-state index in [0.29, 0.717) is 19.1 Å². The molecular weight excluding hydrogens is 192 g/mol. The largest absolute Gasteiger partial charge is 0.396 e. The number of amides is 1. The predicted molar refractivity (Wildman–Crippen MR) is 59.5 cm³/mol. The molecule has 0 aromatic rings. The Morgan fingerprint density at radius 3 is 2.73 bits per heavy atom. The second-order valence-corrected chi connectivity index (χ2v) is 4.33. The smallest absolute Gasteiger partial charge is 0.236 e. The van der Waals surface area contributed by atoms with Crippen molar-refractivity contribution in [2.75, 3.05) is 26.2 Å². The SMILES string of the molecule is CCN(C(=O)CNCC(C)CO)C1CC1. The Balaban J connectivity index is 2.16. The number of hydrogen-bond acceptors (Lipinski definition) is 3. The third-order valence-corrected chi connectivity index (χ3v) is 2.73. The Hall–Kier alpha value is -0.610. The molecule has 0 heterocycles. The summed E-state index contributed by atoms with van der Waals surface area (Å²) in [4.78, 5) is 13.7. The summed E-state index contributed by atoms with van der Waals surface area (Å²) in [5.74, 6) is 0.402. The van der Waals surface area contributed by atoms with E-state index < -0.39 is 0 Å². The van der Waals surface area contributed by atoms with Gasteiger partial charge in [-0.2, -0.15) is 0 Å². The van der Waals surface area contributed by atoms with Crippen molar-refractivity contribution < 1.29 is 9.90 Å².